The van der Waals surface area contributed by atoms with Crippen LogP contribution in [0.4, 0.5) is 5.69 Å². The van der Waals surface area contributed by atoms with E-state index in [-0.39, 0.29) is 24.1 Å². The lowest BCUT2D eigenvalue weighted by Gasteiger charge is -2.19. The first-order valence-corrected chi connectivity index (χ1v) is 10.2. The third kappa shape index (κ3) is 6.27. The Balaban J connectivity index is 1.72. The molecule has 0 aliphatic heterocycles. The molecule has 0 bridgehead atoms. The molecule has 158 valence electrons. The van der Waals surface area contributed by atoms with Gasteiger partial charge in [0, 0.05) is 23.4 Å². The van der Waals surface area contributed by atoms with Crippen molar-refractivity contribution in [1.29, 1.82) is 0 Å². The molecule has 3 aromatic carbocycles. The standard InChI is InChI=1S/C25H25N3O3/c1-2-26-24(30)20-14-9-15-21(16-20)27-23(29)17-22(18-10-5-3-6-11-18)28-25(31)19-12-7-4-8-13-19/h3-16,22H,2,17H2,1H3,(H,26,30)(H,27,29)(H,28,31). The van der Waals surface area contributed by atoms with Crippen LogP contribution in [-0.2, 0) is 4.79 Å². The summed E-state index contributed by atoms with van der Waals surface area (Å²) in [6.45, 7) is 2.37. The van der Waals surface area contributed by atoms with Crippen LogP contribution in [0.3, 0.4) is 0 Å². The molecule has 6 heteroatoms. The zero-order valence-electron chi connectivity index (χ0n) is 17.3. The number of anilines is 1. The van der Waals surface area contributed by atoms with Gasteiger partial charge in [0.2, 0.25) is 5.91 Å². The second-order valence-corrected chi connectivity index (χ2v) is 7.00. The Morgan fingerprint density at radius 1 is 0.774 bits per heavy atom. The fourth-order valence-corrected chi connectivity index (χ4v) is 3.17. The minimum atomic E-state index is -0.500. The van der Waals surface area contributed by atoms with E-state index in [1.807, 2.05) is 43.3 Å². The largest absolute Gasteiger partial charge is 0.352 e. The van der Waals surface area contributed by atoms with Gasteiger partial charge in [-0.3, -0.25) is 14.4 Å². The number of carbonyl (C=O) groups is 3. The Morgan fingerprint density at radius 3 is 2.10 bits per heavy atom. The zero-order valence-corrected chi connectivity index (χ0v) is 17.3. The van der Waals surface area contributed by atoms with Crippen molar-refractivity contribution in [3.05, 3.63) is 102 Å². The Hall–Kier alpha value is -3.93. The van der Waals surface area contributed by atoms with Crippen molar-refractivity contribution in [1.82, 2.24) is 10.6 Å². The van der Waals surface area contributed by atoms with E-state index in [1.54, 1.807) is 48.5 Å². The Bertz CT molecular complexity index is 1040. The highest BCUT2D eigenvalue weighted by molar-refractivity contribution is 5.98. The monoisotopic (exact) mass is 415 g/mol. The molecule has 3 rings (SSSR count). The van der Waals surface area contributed by atoms with Crippen LogP contribution in [0.25, 0.3) is 0 Å². The molecule has 0 saturated heterocycles. The number of hydrogen-bond donors (Lipinski definition) is 3. The average Bonchev–Trinajstić information content (AvgIpc) is 2.80. The first kappa shape index (κ1) is 21.8. The van der Waals surface area contributed by atoms with Crippen LogP contribution in [0, 0.1) is 0 Å². The van der Waals surface area contributed by atoms with Crippen molar-refractivity contribution in [2.75, 3.05) is 11.9 Å². The van der Waals surface area contributed by atoms with Gasteiger partial charge in [-0.25, -0.2) is 0 Å². The summed E-state index contributed by atoms with van der Waals surface area (Å²) in [5.74, 6) is -0.716. The second-order valence-electron chi connectivity index (χ2n) is 7.00. The maximum absolute atomic E-state index is 12.8. The van der Waals surface area contributed by atoms with Gasteiger partial charge < -0.3 is 16.0 Å². The van der Waals surface area contributed by atoms with Crippen LogP contribution in [-0.4, -0.2) is 24.3 Å². The summed E-state index contributed by atoms with van der Waals surface area (Å²) in [7, 11) is 0. The van der Waals surface area contributed by atoms with E-state index in [2.05, 4.69) is 16.0 Å². The van der Waals surface area contributed by atoms with Crippen molar-refractivity contribution in [3.63, 3.8) is 0 Å². The number of nitrogens with one attached hydrogen (secondary N) is 3. The molecule has 6 nitrogen and oxygen atoms in total. The van der Waals surface area contributed by atoms with Crippen molar-refractivity contribution in [2.45, 2.75) is 19.4 Å². The van der Waals surface area contributed by atoms with Gasteiger partial charge in [0.05, 0.1) is 12.5 Å². The lowest BCUT2D eigenvalue weighted by Crippen LogP contribution is -2.31. The number of hydrogen-bond acceptors (Lipinski definition) is 3. The third-order valence-corrected chi connectivity index (χ3v) is 4.68. The van der Waals surface area contributed by atoms with Gasteiger partial charge in [-0.2, -0.15) is 0 Å². The minimum absolute atomic E-state index is 0.0496. The van der Waals surface area contributed by atoms with Crippen molar-refractivity contribution >= 4 is 23.4 Å². The molecule has 0 aliphatic carbocycles. The van der Waals surface area contributed by atoms with Gasteiger partial charge >= 0.3 is 0 Å². The maximum atomic E-state index is 12.8. The first-order chi connectivity index (χ1) is 15.1. The van der Waals surface area contributed by atoms with Gasteiger partial charge in [-0.05, 0) is 42.8 Å². The molecule has 3 aromatic rings. The van der Waals surface area contributed by atoms with Crippen molar-refractivity contribution in [2.24, 2.45) is 0 Å². The van der Waals surface area contributed by atoms with E-state index in [1.165, 1.54) is 0 Å². The summed E-state index contributed by atoms with van der Waals surface area (Å²) >= 11 is 0. The number of carbonyl (C=O) groups excluding carboxylic acids is 3. The highest BCUT2D eigenvalue weighted by Crippen LogP contribution is 2.19. The molecular weight excluding hydrogens is 390 g/mol. The van der Waals surface area contributed by atoms with E-state index >= 15 is 0 Å². The summed E-state index contributed by atoms with van der Waals surface area (Å²) in [5, 5.41) is 8.51. The highest BCUT2D eigenvalue weighted by atomic mass is 16.2. The van der Waals surface area contributed by atoms with Crippen LogP contribution in [0.2, 0.25) is 0 Å². The third-order valence-electron chi connectivity index (χ3n) is 4.68. The molecule has 0 spiro atoms. The summed E-state index contributed by atoms with van der Waals surface area (Å²) in [6.07, 6.45) is 0.0496. The molecule has 1 unspecified atom stereocenters. The van der Waals surface area contributed by atoms with Crippen molar-refractivity contribution in [3.8, 4) is 0 Å². The number of amides is 3. The van der Waals surface area contributed by atoms with E-state index < -0.39 is 6.04 Å². The normalized spacial score (nSPS) is 11.3. The summed E-state index contributed by atoms with van der Waals surface area (Å²) in [5.41, 5.74) is 2.35. The lowest BCUT2D eigenvalue weighted by atomic mass is 10.0. The van der Waals surface area contributed by atoms with E-state index in [4.69, 9.17) is 0 Å². The van der Waals surface area contributed by atoms with Crippen LogP contribution in [0.1, 0.15) is 45.7 Å². The SMILES string of the molecule is CCNC(=O)c1cccc(NC(=O)CC(NC(=O)c2ccccc2)c2ccccc2)c1. The van der Waals surface area contributed by atoms with Gasteiger partial charge in [0.15, 0.2) is 0 Å². The Kier molecular flexibility index (Phi) is 7.54. The molecule has 31 heavy (non-hydrogen) atoms. The zero-order chi connectivity index (χ0) is 22.1. The van der Waals surface area contributed by atoms with Gasteiger partial charge in [0.1, 0.15) is 0 Å². The molecule has 0 fully saturated rings. The molecule has 1 atom stereocenters. The van der Waals surface area contributed by atoms with Crippen LogP contribution >= 0.6 is 0 Å². The molecule has 0 radical (unpaired) electrons. The predicted octanol–water partition coefficient (Wildman–Crippen LogP) is 3.94. The minimum Gasteiger partial charge on any atom is -0.352 e. The molecule has 3 amide bonds. The van der Waals surface area contributed by atoms with Crippen molar-refractivity contribution < 1.29 is 14.4 Å². The summed E-state index contributed by atoms with van der Waals surface area (Å²) in [6, 6.07) is 24.5. The fourth-order valence-electron chi connectivity index (χ4n) is 3.17. The summed E-state index contributed by atoms with van der Waals surface area (Å²) in [4.78, 5) is 37.5. The topological polar surface area (TPSA) is 87.3 Å². The van der Waals surface area contributed by atoms with E-state index in [9.17, 15) is 14.4 Å². The number of rotatable bonds is 8. The van der Waals surface area contributed by atoms with Crippen LogP contribution in [0.15, 0.2) is 84.9 Å². The smallest absolute Gasteiger partial charge is 0.251 e. The Morgan fingerprint density at radius 2 is 1.42 bits per heavy atom. The molecule has 0 saturated carbocycles. The molecule has 3 N–H and O–H groups in total. The van der Waals surface area contributed by atoms with Gasteiger partial charge in [-0.1, -0.05) is 54.6 Å². The van der Waals surface area contributed by atoms with Crippen LogP contribution < -0.4 is 16.0 Å². The second kappa shape index (κ2) is 10.7. The fraction of sp³-hybridized carbons (Fsp3) is 0.160. The van der Waals surface area contributed by atoms with Gasteiger partial charge in [0.25, 0.3) is 11.8 Å². The molecular formula is C25H25N3O3. The Labute approximate surface area is 181 Å². The highest BCUT2D eigenvalue weighted by Gasteiger charge is 2.19. The molecule has 0 aromatic heterocycles. The average molecular weight is 415 g/mol. The first-order valence-electron chi connectivity index (χ1n) is 10.2. The van der Waals surface area contributed by atoms with E-state index in [0.717, 1.165) is 5.56 Å². The lowest BCUT2D eigenvalue weighted by molar-refractivity contribution is -0.116. The summed E-state index contributed by atoms with van der Waals surface area (Å²) < 4.78 is 0. The van der Waals surface area contributed by atoms with Gasteiger partial charge in [-0.15, -0.1) is 0 Å². The quantitative estimate of drug-likeness (QED) is 0.521. The maximum Gasteiger partial charge on any atom is 0.251 e. The predicted molar refractivity (Wildman–Crippen MR) is 121 cm³/mol. The molecule has 0 heterocycles. The van der Waals surface area contributed by atoms with E-state index in [0.29, 0.717) is 23.4 Å². The molecule has 0 aliphatic rings. The van der Waals surface area contributed by atoms with Crippen LogP contribution in [0.5, 0.6) is 0 Å². The number of benzene rings is 3.